The van der Waals surface area contributed by atoms with E-state index in [1.54, 1.807) is 30.3 Å². The molecule has 18 heavy (non-hydrogen) atoms. The van der Waals surface area contributed by atoms with Gasteiger partial charge in [0.25, 0.3) is 10.0 Å². The average molecular weight is 367 g/mol. The summed E-state index contributed by atoms with van der Waals surface area (Å²) in [7, 11) is -3.57. The maximum atomic E-state index is 12.1. The molecule has 3 nitrogen and oxygen atoms in total. The third kappa shape index (κ3) is 3.06. The number of sulfonamides is 1. The van der Waals surface area contributed by atoms with Crippen LogP contribution in [0.25, 0.3) is 0 Å². The minimum atomic E-state index is -3.57. The number of rotatable bonds is 3. The van der Waals surface area contributed by atoms with E-state index in [1.807, 2.05) is 6.92 Å². The van der Waals surface area contributed by atoms with Gasteiger partial charge in [0.2, 0.25) is 0 Å². The van der Waals surface area contributed by atoms with Gasteiger partial charge in [-0.05, 0) is 37.3 Å². The Morgan fingerprint density at radius 3 is 2.61 bits per heavy atom. The molecular formula is C11H9BrClNO2S2. The first-order valence-corrected chi connectivity index (χ1v) is 8.40. The molecule has 0 radical (unpaired) electrons. The molecule has 2 aromatic rings. The normalized spacial score (nSPS) is 11.5. The SMILES string of the molecule is Cc1ccc(S(=O)(=O)Nc2cc(Br)ccc2Cl)s1. The number of aryl methyl sites for hydroxylation is 1. The lowest BCUT2D eigenvalue weighted by atomic mass is 10.3. The fraction of sp³-hybridized carbons (Fsp3) is 0.0909. The smallest absolute Gasteiger partial charge is 0.271 e. The summed E-state index contributed by atoms with van der Waals surface area (Å²) in [6, 6.07) is 8.34. The average Bonchev–Trinajstić information content (AvgIpc) is 2.71. The summed E-state index contributed by atoms with van der Waals surface area (Å²) >= 11 is 10.4. The zero-order valence-electron chi connectivity index (χ0n) is 9.28. The van der Waals surface area contributed by atoms with Crippen LogP contribution in [0.4, 0.5) is 5.69 Å². The van der Waals surface area contributed by atoms with E-state index < -0.39 is 10.0 Å². The van der Waals surface area contributed by atoms with Gasteiger partial charge in [0.05, 0.1) is 10.7 Å². The maximum Gasteiger partial charge on any atom is 0.271 e. The number of hydrogen-bond donors (Lipinski definition) is 1. The number of thiophene rings is 1. The van der Waals surface area contributed by atoms with Crippen LogP contribution in [-0.4, -0.2) is 8.42 Å². The molecule has 1 aromatic heterocycles. The molecule has 0 fully saturated rings. The Labute approximate surface area is 123 Å². The lowest BCUT2D eigenvalue weighted by Gasteiger charge is -2.08. The van der Waals surface area contributed by atoms with E-state index >= 15 is 0 Å². The Bertz CT molecular complexity index is 682. The molecule has 0 aliphatic rings. The fourth-order valence-corrected chi connectivity index (χ4v) is 4.26. The Hall–Kier alpha value is -0.560. The first-order chi connectivity index (χ1) is 8.38. The van der Waals surface area contributed by atoms with Crippen LogP contribution >= 0.6 is 38.9 Å². The van der Waals surface area contributed by atoms with Crippen molar-refractivity contribution in [3.63, 3.8) is 0 Å². The molecule has 0 saturated carbocycles. The fourth-order valence-electron chi connectivity index (χ4n) is 1.33. The molecule has 7 heteroatoms. The third-order valence-electron chi connectivity index (χ3n) is 2.15. The van der Waals surface area contributed by atoms with Crippen molar-refractivity contribution in [1.82, 2.24) is 0 Å². The van der Waals surface area contributed by atoms with Crippen LogP contribution in [0.5, 0.6) is 0 Å². The summed E-state index contributed by atoms with van der Waals surface area (Å²) in [5.41, 5.74) is 0.358. The quantitative estimate of drug-likeness (QED) is 0.881. The molecule has 2 rings (SSSR count). The molecule has 1 aromatic carbocycles. The van der Waals surface area contributed by atoms with Crippen molar-refractivity contribution in [2.24, 2.45) is 0 Å². The van der Waals surface area contributed by atoms with E-state index in [4.69, 9.17) is 11.6 Å². The Kier molecular flexibility index (Phi) is 4.01. The molecule has 0 spiro atoms. The Morgan fingerprint density at radius 2 is 2.00 bits per heavy atom. The van der Waals surface area contributed by atoms with Crippen molar-refractivity contribution in [2.45, 2.75) is 11.1 Å². The molecule has 0 aliphatic heterocycles. The van der Waals surface area contributed by atoms with E-state index in [0.29, 0.717) is 10.7 Å². The van der Waals surface area contributed by atoms with Crippen molar-refractivity contribution >= 4 is 54.6 Å². The minimum absolute atomic E-state index is 0.274. The van der Waals surface area contributed by atoms with Crippen molar-refractivity contribution in [2.75, 3.05) is 4.72 Å². The number of hydrogen-bond acceptors (Lipinski definition) is 3. The minimum Gasteiger partial charge on any atom is -0.277 e. The van der Waals surface area contributed by atoms with E-state index in [-0.39, 0.29) is 4.21 Å². The maximum absolute atomic E-state index is 12.1. The molecule has 0 saturated heterocycles. The number of benzene rings is 1. The van der Waals surface area contributed by atoms with Gasteiger partial charge in [-0.1, -0.05) is 27.5 Å². The van der Waals surface area contributed by atoms with Gasteiger partial charge in [0.15, 0.2) is 0 Å². The lowest BCUT2D eigenvalue weighted by Crippen LogP contribution is -2.11. The molecule has 0 bridgehead atoms. The van der Waals surface area contributed by atoms with Crippen molar-refractivity contribution in [3.8, 4) is 0 Å². The van der Waals surface area contributed by atoms with Gasteiger partial charge < -0.3 is 0 Å². The second-order valence-electron chi connectivity index (χ2n) is 3.59. The summed E-state index contributed by atoms with van der Waals surface area (Å²) in [6.45, 7) is 1.86. The number of nitrogens with one attached hydrogen (secondary N) is 1. The van der Waals surface area contributed by atoms with Crippen molar-refractivity contribution in [3.05, 3.63) is 44.7 Å². The van der Waals surface area contributed by atoms with Crippen LogP contribution in [0.2, 0.25) is 5.02 Å². The van der Waals surface area contributed by atoms with E-state index in [0.717, 1.165) is 9.35 Å². The highest BCUT2D eigenvalue weighted by Crippen LogP contribution is 2.29. The number of anilines is 1. The van der Waals surface area contributed by atoms with E-state index in [2.05, 4.69) is 20.7 Å². The Balaban J connectivity index is 2.36. The largest absolute Gasteiger partial charge is 0.277 e. The zero-order valence-corrected chi connectivity index (χ0v) is 13.3. The molecule has 0 atom stereocenters. The van der Waals surface area contributed by atoms with Gasteiger partial charge in [-0.15, -0.1) is 11.3 Å². The van der Waals surface area contributed by atoms with E-state index in [1.165, 1.54) is 11.3 Å². The monoisotopic (exact) mass is 365 g/mol. The summed E-state index contributed by atoms with van der Waals surface area (Å²) < 4.78 is 27.7. The van der Waals surface area contributed by atoms with E-state index in [9.17, 15) is 8.42 Å². The second kappa shape index (κ2) is 5.21. The summed E-state index contributed by atoms with van der Waals surface area (Å²) in [5.74, 6) is 0. The van der Waals surface area contributed by atoms with Crippen LogP contribution < -0.4 is 4.72 Å². The Morgan fingerprint density at radius 1 is 1.28 bits per heavy atom. The molecule has 0 unspecified atom stereocenters. The summed E-state index contributed by atoms with van der Waals surface area (Å²) in [5, 5.41) is 0.357. The molecule has 0 aliphatic carbocycles. The van der Waals surface area contributed by atoms with Gasteiger partial charge in [-0.25, -0.2) is 8.42 Å². The molecular weight excluding hydrogens is 358 g/mol. The van der Waals surface area contributed by atoms with Gasteiger partial charge in [0, 0.05) is 9.35 Å². The standard InChI is InChI=1S/C11H9BrClNO2S2/c1-7-2-5-11(17-7)18(15,16)14-10-6-8(12)3-4-9(10)13/h2-6,14H,1H3. The van der Waals surface area contributed by atoms with Crippen molar-refractivity contribution in [1.29, 1.82) is 0 Å². The predicted molar refractivity (Wildman–Crippen MR) is 79.0 cm³/mol. The lowest BCUT2D eigenvalue weighted by molar-refractivity contribution is 0.603. The van der Waals surface area contributed by atoms with Crippen LogP contribution in [-0.2, 0) is 10.0 Å². The van der Waals surface area contributed by atoms with Crippen LogP contribution in [0.15, 0.2) is 39.0 Å². The highest BCUT2D eigenvalue weighted by atomic mass is 79.9. The van der Waals surface area contributed by atoms with Gasteiger partial charge in [-0.2, -0.15) is 0 Å². The van der Waals surface area contributed by atoms with Gasteiger partial charge in [0.1, 0.15) is 4.21 Å². The molecule has 96 valence electrons. The summed E-state index contributed by atoms with van der Waals surface area (Å²) in [4.78, 5) is 0.940. The van der Waals surface area contributed by atoms with Crippen LogP contribution in [0.3, 0.4) is 0 Å². The highest BCUT2D eigenvalue weighted by molar-refractivity contribution is 9.10. The summed E-state index contributed by atoms with van der Waals surface area (Å²) in [6.07, 6.45) is 0. The van der Waals surface area contributed by atoms with Crippen LogP contribution in [0, 0.1) is 6.92 Å². The topological polar surface area (TPSA) is 46.2 Å². The molecule has 1 N–H and O–H groups in total. The first-order valence-electron chi connectivity index (χ1n) is 4.93. The number of halogens is 2. The highest BCUT2D eigenvalue weighted by Gasteiger charge is 2.17. The van der Waals surface area contributed by atoms with Gasteiger partial charge in [-0.3, -0.25) is 4.72 Å². The first kappa shape index (κ1) is 13.9. The van der Waals surface area contributed by atoms with Crippen LogP contribution in [0.1, 0.15) is 4.88 Å². The predicted octanol–water partition coefficient (Wildman–Crippen LogP) is 4.27. The molecule has 1 heterocycles. The zero-order chi connectivity index (χ0) is 13.3. The van der Waals surface area contributed by atoms with Crippen molar-refractivity contribution < 1.29 is 8.42 Å². The third-order valence-corrected chi connectivity index (χ3v) is 5.83. The van der Waals surface area contributed by atoms with Gasteiger partial charge >= 0.3 is 0 Å². The molecule has 0 amide bonds. The second-order valence-corrected chi connectivity index (χ2v) is 8.11.